The predicted octanol–water partition coefficient (Wildman–Crippen LogP) is 2.03. The van der Waals surface area contributed by atoms with Crippen molar-refractivity contribution in [2.24, 2.45) is 0 Å². The molecule has 6 heteroatoms. The van der Waals surface area contributed by atoms with Crippen molar-refractivity contribution in [3.63, 3.8) is 0 Å². The minimum atomic E-state index is -0.758. The minimum absolute atomic E-state index is 0.758. The van der Waals surface area contributed by atoms with Gasteiger partial charge in [0.2, 0.25) is 0 Å². The monoisotopic (exact) mass is 510 g/mol. The molecule has 0 aliphatic carbocycles. The van der Waals surface area contributed by atoms with E-state index in [-0.39, 0.29) is 0 Å². The summed E-state index contributed by atoms with van der Waals surface area (Å²) in [5, 5.41) is 0. The Bertz CT molecular complexity index is 119. The number of ether oxygens (including phenoxy) is 1. The molecule has 1 N–H and O–H groups in total. The van der Waals surface area contributed by atoms with Gasteiger partial charge in [-0.05, 0) is 0 Å². The Balaban J connectivity index is 1.98. The zero-order valence-electron chi connectivity index (χ0n) is 6.73. The van der Waals surface area contributed by atoms with E-state index in [2.05, 4.69) is 45.7 Å². The summed E-state index contributed by atoms with van der Waals surface area (Å²) >= 11 is 4.29. The molecule has 1 rings (SSSR count). The number of hydrogen-bond acceptors (Lipinski definition) is 3. The van der Waals surface area contributed by atoms with Gasteiger partial charge in [0.15, 0.2) is 0 Å². The van der Waals surface area contributed by atoms with Crippen LogP contribution in [0.3, 0.4) is 0 Å². The van der Waals surface area contributed by atoms with Crippen LogP contribution in [-0.4, -0.2) is 44.3 Å². The molecule has 1 heterocycles. The van der Waals surface area contributed by atoms with Gasteiger partial charge in [0.1, 0.15) is 0 Å². The zero-order chi connectivity index (χ0) is 8.81. The van der Waals surface area contributed by atoms with Gasteiger partial charge in [0.25, 0.3) is 0 Å². The second-order valence-corrected chi connectivity index (χ2v) is 25.8. The molecule has 1 saturated heterocycles. The first-order valence-electron chi connectivity index (χ1n) is 3.85. The molecule has 1 aliphatic rings. The van der Waals surface area contributed by atoms with Crippen LogP contribution in [0, 0.1) is 0 Å². The molecule has 0 unspecified atom stereocenters. The molecule has 74 valence electrons. The summed E-state index contributed by atoms with van der Waals surface area (Å²) in [5.74, 6) is 0. The van der Waals surface area contributed by atoms with E-state index in [0.29, 0.717) is 0 Å². The fourth-order valence-corrected chi connectivity index (χ4v) is 4.48. The van der Waals surface area contributed by atoms with Crippen LogP contribution >= 0.6 is 49.4 Å². The average molecular weight is 510 g/mol. The summed E-state index contributed by atoms with van der Waals surface area (Å²) in [4.78, 5) is 2.46. The van der Waals surface area contributed by atoms with Crippen molar-refractivity contribution in [1.82, 2.24) is 8.43 Å². The second kappa shape index (κ2) is 7.37. The third-order valence-corrected chi connectivity index (χ3v) is 6.71. The maximum absolute atomic E-state index is 5.27. The van der Waals surface area contributed by atoms with Crippen molar-refractivity contribution in [2.45, 2.75) is 0 Å². The van der Waals surface area contributed by atoms with Crippen molar-refractivity contribution in [3.05, 3.63) is 0 Å². The Kier molecular flexibility index (Phi) is 7.46. The first-order chi connectivity index (χ1) is 5.79. The first-order valence-corrected chi connectivity index (χ1v) is 17.5. The standard InChI is InChI=1S/C6H13I3N2O/c7-9(8)10-1-2-11-3-5-12-6-4-11/h10H,1-6H2. The quantitative estimate of drug-likeness (QED) is 0.464. The Morgan fingerprint density at radius 2 is 2.00 bits per heavy atom. The molecule has 3 nitrogen and oxygen atoms in total. The van der Waals surface area contributed by atoms with Crippen LogP contribution in [0.4, 0.5) is 0 Å². The number of rotatable bonds is 4. The van der Waals surface area contributed by atoms with E-state index in [1.165, 1.54) is 6.54 Å². The van der Waals surface area contributed by atoms with Crippen molar-refractivity contribution in [2.75, 3.05) is 39.4 Å². The van der Waals surface area contributed by atoms with Gasteiger partial charge < -0.3 is 0 Å². The Morgan fingerprint density at radius 3 is 2.58 bits per heavy atom. The molecule has 12 heavy (non-hydrogen) atoms. The zero-order valence-corrected chi connectivity index (χ0v) is 13.2. The third-order valence-electron chi connectivity index (χ3n) is 1.73. The molecular weight excluding hydrogens is 497 g/mol. The SMILES string of the molecule is II(I)NCCN1CCOCC1. The molecule has 0 amide bonds. The van der Waals surface area contributed by atoms with Crippen LogP contribution in [0.25, 0.3) is 0 Å². The molecule has 0 spiro atoms. The number of hydrogen-bond donors (Lipinski definition) is 1. The van der Waals surface area contributed by atoms with Crippen LogP contribution in [0.1, 0.15) is 0 Å². The molecule has 0 bridgehead atoms. The predicted molar refractivity (Wildman–Crippen MR) is 77.3 cm³/mol. The molecule has 0 aromatic carbocycles. The van der Waals surface area contributed by atoms with Crippen molar-refractivity contribution >= 4 is 49.4 Å². The number of nitrogens with zero attached hydrogens (tertiary/aromatic N) is 1. The molecule has 0 radical (unpaired) electrons. The molecule has 1 aliphatic heterocycles. The summed E-state index contributed by atoms with van der Waals surface area (Å²) < 4.78 is 8.81. The summed E-state index contributed by atoms with van der Waals surface area (Å²) in [6.45, 7) is 6.38. The molecule has 0 atom stereocenters. The van der Waals surface area contributed by atoms with Gasteiger partial charge in [-0.15, -0.1) is 0 Å². The van der Waals surface area contributed by atoms with E-state index in [1.807, 2.05) is 0 Å². The van der Waals surface area contributed by atoms with Crippen molar-refractivity contribution < 1.29 is 4.74 Å². The van der Waals surface area contributed by atoms with E-state index in [1.54, 1.807) is 0 Å². The Hall–Kier alpha value is 2.07. The average Bonchev–Trinajstić information content (AvgIpc) is 2.05. The Morgan fingerprint density at radius 1 is 1.33 bits per heavy atom. The maximum atomic E-state index is 5.27. The second-order valence-electron chi connectivity index (χ2n) is 2.53. The van der Waals surface area contributed by atoms with Crippen LogP contribution in [0.15, 0.2) is 0 Å². The van der Waals surface area contributed by atoms with E-state index in [4.69, 9.17) is 4.74 Å². The van der Waals surface area contributed by atoms with Crippen LogP contribution in [0.2, 0.25) is 0 Å². The van der Waals surface area contributed by atoms with Gasteiger partial charge in [-0.25, -0.2) is 0 Å². The van der Waals surface area contributed by atoms with E-state index >= 15 is 0 Å². The van der Waals surface area contributed by atoms with Gasteiger partial charge in [-0.1, -0.05) is 0 Å². The number of nitrogens with one attached hydrogen (secondary N) is 1. The van der Waals surface area contributed by atoms with Crippen LogP contribution in [0.5, 0.6) is 0 Å². The van der Waals surface area contributed by atoms with Gasteiger partial charge in [-0.3, -0.25) is 0 Å². The third kappa shape index (κ3) is 5.73. The van der Waals surface area contributed by atoms with E-state index in [9.17, 15) is 0 Å². The van der Waals surface area contributed by atoms with Crippen LogP contribution in [-0.2, 0) is 4.74 Å². The summed E-state index contributed by atoms with van der Waals surface area (Å²) in [5.41, 5.74) is 0. The number of halogens is 3. The topological polar surface area (TPSA) is 24.5 Å². The van der Waals surface area contributed by atoms with Gasteiger partial charge in [-0.2, -0.15) is 0 Å². The molecular formula is C6H13I3N2O. The summed E-state index contributed by atoms with van der Waals surface area (Å²) in [6.07, 6.45) is 0. The molecule has 1 fully saturated rings. The normalized spacial score (nSPS) is 21.0. The fraction of sp³-hybridized carbons (Fsp3) is 1.00. The number of morpholine rings is 1. The van der Waals surface area contributed by atoms with E-state index < -0.39 is 12.1 Å². The van der Waals surface area contributed by atoms with Crippen molar-refractivity contribution in [1.29, 1.82) is 0 Å². The molecule has 0 aromatic heterocycles. The Labute approximate surface area is 100 Å². The first kappa shape index (κ1) is 12.1. The van der Waals surface area contributed by atoms with Crippen LogP contribution < -0.4 is 3.53 Å². The van der Waals surface area contributed by atoms with Gasteiger partial charge in [0.05, 0.1) is 0 Å². The van der Waals surface area contributed by atoms with E-state index in [0.717, 1.165) is 32.8 Å². The fourth-order valence-electron chi connectivity index (χ4n) is 1.10. The summed E-state index contributed by atoms with van der Waals surface area (Å²) in [7, 11) is 0. The van der Waals surface area contributed by atoms with Crippen molar-refractivity contribution in [3.8, 4) is 0 Å². The molecule has 0 aromatic rings. The summed E-state index contributed by atoms with van der Waals surface area (Å²) in [6, 6.07) is 0. The van der Waals surface area contributed by atoms with Gasteiger partial charge in [0, 0.05) is 0 Å². The van der Waals surface area contributed by atoms with Gasteiger partial charge >= 0.3 is 102 Å². The molecule has 0 saturated carbocycles.